The number of carbonyl (C=O) groups is 2. The van der Waals surface area contributed by atoms with Crippen LogP contribution in [0, 0.1) is 0 Å². The topological polar surface area (TPSA) is 81.0 Å². The lowest BCUT2D eigenvalue weighted by molar-refractivity contribution is -0.131. The summed E-state index contributed by atoms with van der Waals surface area (Å²) in [4.78, 5) is 26.4. The number of likely N-dealkylation sites (N-methyl/N-ethyl adjacent to an activating group) is 1. The highest BCUT2D eigenvalue weighted by molar-refractivity contribution is 5.97. The van der Waals surface area contributed by atoms with E-state index in [0.717, 1.165) is 11.0 Å². The van der Waals surface area contributed by atoms with Crippen LogP contribution >= 0.6 is 0 Å². The largest absolute Gasteiger partial charge is 0.459 e. The lowest BCUT2D eigenvalue weighted by Crippen LogP contribution is -2.39. The Morgan fingerprint density at radius 1 is 1.11 bits per heavy atom. The average Bonchev–Trinajstić information content (AvgIpc) is 3.36. The molecule has 2 aromatic carbocycles. The zero-order chi connectivity index (χ0) is 19.7. The maximum Gasteiger partial charge on any atom is 0.251 e. The summed E-state index contributed by atoms with van der Waals surface area (Å²) < 4.78 is 16.3. The molecule has 7 heteroatoms. The first kappa shape index (κ1) is 17.9. The minimum Gasteiger partial charge on any atom is -0.459 e. The molecule has 3 aromatic rings. The third kappa shape index (κ3) is 3.38. The van der Waals surface area contributed by atoms with Crippen molar-refractivity contribution in [1.29, 1.82) is 0 Å². The Labute approximate surface area is 161 Å². The van der Waals surface area contributed by atoms with E-state index in [0.29, 0.717) is 22.8 Å². The molecule has 0 bridgehead atoms. The molecule has 1 aliphatic heterocycles. The number of benzene rings is 2. The van der Waals surface area contributed by atoms with Gasteiger partial charge in [-0.25, -0.2) is 0 Å². The molecule has 2 amide bonds. The molecule has 4 rings (SSSR count). The predicted molar refractivity (Wildman–Crippen MR) is 102 cm³/mol. The number of hydrogen-bond donors (Lipinski definition) is 1. The van der Waals surface area contributed by atoms with Gasteiger partial charge < -0.3 is 24.1 Å². The smallest absolute Gasteiger partial charge is 0.251 e. The monoisotopic (exact) mass is 380 g/mol. The number of fused-ring (bicyclic) bond motifs is 2. The quantitative estimate of drug-likeness (QED) is 0.736. The first-order valence-corrected chi connectivity index (χ1v) is 8.95. The second-order valence-electron chi connectivity index (χ2n) is 6.62. The lowest BCUT2D eigenvalue weighted by atomic mass is 10.2. The minimum atomic E-state index is -0.351. The summed E-state index contributed by atoms with van der Waals surface area (Å²) in [6.45, 7) is 1.91. The van der Waals surface area contributed by atoms with E-state index in [2.05, 4.69) is 5.32 Å². The van der Waals surface area contributed by atoms with Crippen molar-refractivity contribution in [3.8, 4) is 11.5 Å². The highest BCUT2D eigenvalue weighted by Crippen LogP contribution is 2.32. The molecule has 1 atom stereocenters. The Morgan fingerprint density at radius 3 is 2.71 bits per heavy atom. The maximum absolute atomic E-state index is 12.5. The summed E-state index contributed by atoms with van der Waals surface area (Å²) in [7, 11) is 1.69. The standard InChI is InChI=1S/C21H20N2O5/c1-13(18-9-14-5-3-4-6-16(14)28-18)23(2)20(24)11-22-21(25)15-7-8-17-19(10-15)27-12-26-17/h3-10,13H,11-12H2,1-2H3,(H,22,25). The van der Waals surface area contributed by atoms with E-state index in [-0.39, 0.29) is 31.2 Å². The van der Waals surface area contributed by atoms with Crippen LogP contribution in [0.1, 0.15) is 29.1 Å². The van der Waals surface area contributed by atoms with Crippen LogP contribution in [-0.2, 0) is 4.79 Å². The number of nitrogens with zero attached hydrogens (tertiary/aromatic N) is 1. The molecule has 7 nitrogen and oxygen atoms in total. The van der Waals surface area contributed by atoms with E-state index in [1.807, 2.05) is 37.3 Å². The first-order chi connectivity index (χ1) is 13.5. The van der Waals surface area contributed by atoms with Crippen LogP contribution in [0.3, 0.4) is 0 Å². The molecular weight excluding hydrogens is 360 g/mol. The van der Waals surface area contributed by atoms with Crippen molar-refractivity contribution < 1.29 is 23.5 Å². The Balaban J connectivity index is 1.38. The van der Waals surface area contributed by atoms with Crippen LogP contribution in [0.4, 0.5) is 0 Å². The van der Waals surface area contributed by atoms with E-state index in [4.69, 9.17) is 13.9 Å². The predicted octanol–water partition coefficient (Wildman–Crippen LogP) is 3.11. The van der Waals surface area contributed by atoms with Gasteiger partial charge in [-0.2, -0.15) is 0 Å². The van der Waals surface area contributed by atoms with E-state index in [1.165, 1.54) is 0 Å². The Hall–Kier alpha value is -3.48. The normalized spacial score (nSPS) is 13.4. The molecular formula is C21H20N2O5. The van der Waals surface area contributed by atoms with Gasteiger partial charge >= 0.3 is 0 Å². The molecule has 144 valence electrons. The number of para-hydroxylation sites is 1. The second kappa shape index (κ2) is 7.26. The van der Waals surface area contributed by atoms with Gasteiger partial charge in [-0.15, -0.1) is 0 Å². The number of furan rings is 1. The summed E-state index contributed by atoms with van der Waals surface area (Å²) >= 11 is 0. The van der Waals surface area contributed by atoms with E-state index in [9.17, 15) is 9.59 Å². The van der Waals surface area contributed by atoms with Crippen molar-refractivity contribution in [2.24, 2.45) is 0 Å². The lowest BCUT2D eigenvalue weighted by Gasteiger charge is -2.23. The summed E-state index contributed by atoms with van der Waals surface area (Å²) in [5.74, 6) is 1.25. The molecule has 1 aliphatic rings. The van der Waals surface area contributed by atoms with Gasteiger partial charge in [0.1, 0.15) is 11.3 Å². The van der Waals surface area contributed by atoms with Crippen LogP contribution in [0.25, 0.3) is 11.0 Å². The zero-order valence-electron chi connectivity index (χ0n) is 15.6. The molecule has 1 unspecified atom stereocenters. The summed E-state index contributed by atoms with van der Waals surface area (Å²) in [5, 5.41) is 3.63. The molecule has 1 N–H and O–H groups in total. The molecule has 0 saturated carbocycles. The summed E-state index contributed by atoms with van der Waals surface area (Å²) in [5.41, 5.74) is 1.19. The number of ether oxygens (including phenoxy) is 2. The van der Waals surface area contributed by atoms with Gasteiger partial charge in [0.15, 0.2) is 11.5 Å². The summed E-state index contributed by atoms with van der Waals surface area (Å²) in [6.07, 6.45) is 0. The highest BCUT2D eigenvalue weighted by Gasteiger charge is 2.22. The van der Waals surface area contributed by atoms with Gasteiger partial charge in [-0.05, 0) is 37.3 Å². The number of amides is 2. The Morgan fingerprint density at radius 2 is 1.89 bits per heavy atom. The van der Waals surface area contributed by atoms with Crippen molar-refractivity contribution in [1.82, 2.24) is 10.2 Å². The van der Waals surface area contributed by atoms with Gasteiger partial charge in [0.05, 0.1) is 12.6 Å². The average molecular weight is 380 g/mol. The SMILES string of the molecule is CC(c1cc2ccccc2o1)N(C)C(=O)CNC(=O)c1ccc2c(c1)OCO2. The van der Waals surface area contributed by atoms with Gasteiger partial charge in [0.2, 0.25) is 12.7 Å². The van der Waals surface area contributed by atoms with Crippen molar-refractivity contribution in [2.75, 3.05) is 20.4 Å². The molecule has 0 aliphatic carbocycles. The fourth-order valence-electron chi connectivity index (χ4n) is 3.04. The van der Waals surface area contributed by atoms with Gasteiger partial charge in [0.25, 0.3) is 5.91 Å². The molecule has 2 heterocycles. The van der Waals surface area contributed by atoms with Crippen molar-refractivity contribution >= 4 is 22.8 Å². The third-order valence-electron chi connectivity index (χ3n) is 4.87. The van der Waals surface area contributed by atoms with Crippen LogP contribution in [-0.4, -0.2) is 37.1 Å². The van der Waals surface area contributed by atoms with Gasteiger partial charge in [0, 0.05) is 18.0 Å². The Bertz CT molecular complexity index is 1010. The molecule has 28 heavy (non-hydrogen) atoms. The molecule has 0 saturated heterocycles. The van der Waals surface area contributed by atoms with Gasteiger partial charge in [-0.1, -0.05) is 18.2 Å². The van der Waals surface area contributed by atoms with E-state index in [1.54, 1.807) is 30.1 Å². The van der Waals surface area contributed by atoms with Crippen molar-refractivity contribution in [2.45, 2.75) is 13.0 Å². The minimum absolute atomic E-state index is 0.117. The first-order valence-electron chi connectivity index (χ1n) is 8.95. The number of carbonyl (C=O) groups excluding carboxylic acids is 2. The number of nitrogens with one attached hydrogen (secondary N) is 1. The van der Waals surface area contributed by atoms with E-state index < -0.39 is 0 Å². The van der Waals surface area contributed by atoms with Crippen LogP contribution in [0.2, 0.25) is 0 Å². The van der Waals surface area contributed by atoms with Crippen molar-refractivity contribution in [3.63, 3.8) is 0 Å². The Kier molecular flexibility index (Phi) is 4.65. The highest BCUT2D eigenvalue weighted by atomic mass is 16.7. The van der Waals surface area contributed by atoms with E-state index >= 15 is 0 Å². The molecule has 0 fully saturated rings. The van der Waals surface area contributed by atoms with Crippen molar-refractivity contribution in [3.05, 3.63) is 59.9 Å². The van der Waals surface area contributed by atoms with Crippen LogP contribution in [0.5, 0.6) is 11.5 Å². The molecule has 0 radical (unpaired) electrons. The second-order valence-corrected chi connectivity index (χ2v) is 6.62. The number of hydrogen-bond acceptors (Lipinski definition) is 5. The van der Waals surface area contributed by atoms with Crippen LogP contribution < -0.4 is 14.8 Å². The molecule has 1 aromatic heterocycles. The number of rotatable bonds is 5. The molecule has 0 spiro atoms. The fourth-order valence-corrected chi connectivity index (χ4v) is 3.04. The summed E-state index contributed by atoms with van der Waals surface area (Å²) in [6, 6.07) is 14.3. The fraction of sp³-hybridized carbons (Fsp3) is 0.238. The zero-order valence-corrected chi connectivity index (χ0v) is 15.6. The maximum atomic E-state index is 12.5. The van der Waals surface area contributed by atoms with Gasteiger partial charge in [-0.3, -0.25) is 9.59 Å². The van der Waals surface area contributed by atoms with Crippen LogP contribution in [0.15, 0.2) is 52.9 Å². The third-order valence-corrected chi connectivity index (χ3v) is 4.87.